The van der Waals surface area contributed by atoms with Gasteiger partial charge in [-0.25, -0.2) is 4.79 Å². The summed E-state index contributed by atoms with van der Waals surface area (Å²) in [6, 6.07) is 0. The van der Waals surface area contributed by atoms with E-state index in [1.165, 1.54) is 12.0 Å². The molecule has 1 heterocycles. The summed E-state index contributed by atoms with van der Waals surface area (Å²) in [5.74, 6) is -1.16. The van der Waals surface area contributed by atoms with Gasteiger partial charge in [0.1, 0.15) is 0 Å². The summed E-state index contributed by atoms with van der Waals surface area (Å²) in [6.07, 6.45) is -0.550. The molecular weight excluding hydrogens is 228 g/mol. The predicted octanol–water partition coefficient (Wildman–Crippen LogP) is -0.238. The maximum Gasteiger partial charge on any atom is 0.409 e. The van der Waals surface area contributed by atoms with E-state index in [1.54, 1.807) is 4.90 Å². The van der Waals surface area contributed by atoms with Crippen LogP contribution >= 0.6 is 0 Å². The van der Waals surface area contributed by atoms with Crippen LogP contribution in [0, 0.1) is 0 Å². The van der Waals surface area contributed by atoms with Crippen molar-refractivity contribution in [1.29, 1.82) is 0 Å². The molecule has 1 saturated heterocycles. The van der Waals surface area contributed by atoms with E-state index in [1.807, 2.05) is 0 Å². The highest BCUT2D eigenvalue weighted by molar-refractivity contribution is 5.81. The van der Waals surface area contributed by atoms with Crippen LogP contribution in [0.1, 0.15) is 12.8 Å². The van der Waals surface area contributed by atoms with Crippen molar-refractivity contribution < 1.29 is 24.2 Å². The number of hydrogen-bond acceptors (Lipinski definition) is 4. The number of carbonyl (C=O) groups excluding carboxylic acids is 2. The van der Waals surface area contributed by atoms with E-state index < -0.39 is 12.1 Å². The van der Waals surface area contributed by atoms with Crippen LogP contribution in [0.25, 0.3) is 0 Å². The highest BCUT2D eigenvalue weighted by atomic mass is 16.5. The second kappa shape index (κ2) is 6.07. The van der Waals surface area contributed by atoms with Gasteiger partial charge in [0.05, 0.1) is 13.5 Å². The number of rotatable bonds is 3. The number of nitrogens with zero attached hydrogens (tertiary/aromatic N) is 2. The molecule has 0 saturated carbocycles. The Hall–Kier alpha value is -1.79. The van der Waals surface area contributed by atoms with Crippen molar-refractivity contribution >= 4 is 18.0 Å². The predicted molar refractivity (Wildman–Crippen MR) is 57.4 cm³/mol. The summed E-state index contributed by atoms with van der Waals surface area (Å²) in [5.41, 5.74) is 0. The second-order valence-electron chi connectivity index (χ2n) is 3.73. The molecule has 0 aromatic rings. The quantitative estimate of drug-likeness (QED) is 0.740. The van der Waals surface area contributed by atoms with Gasteiger partial charge in [0.2, 0.25) is 5.91 Å². The van der Waals surface area contributed by atoms with Crippen LogP contribution in [0.2, 0.25) is 0 Å². The molecule has 7 heteroatoms. The second-order valence-corrected chi connectivity index (χ2v) is 3.73. The van der Waals surface area contributed by atoms with Crippen LogP contribution in [0.3, 0.4) is 0 Å². The molecule has 0 spiro atoms. The lowest BCUT2D eigenvalue weighted by Gasteiger charge is -2.33. The van der Waals surface area contributed by atoms with Crippen LogP contribution in [-0.4, -0.2) is 66.2 Å². The van der Waals surface area contributed by atoms with E-state index >= 15 is 0 Å². The molecule has 1 aliphatic heterocycles. The van der Waals surface area contributed by atoms with Crippen LogP contribution in [0.15, 0.2) is 0 Å². The number of hydrogen-bond donors (Lipinski definition) is 1. The summed E-state index contributed by atoms with van der Waals surface area (Å²) in [5, 5.41) is 8.47. The first-order chi connectivity index (χ1) is 8.04. The van der Waals surface area contributed by atoms with Gasteiger partial charge < -0.3 is 19.6 Å². The lowest BCUT2D eigenvalue weighted by molar-refractivity contribution is -0.141. The van der Waals surface area contributed by atoms with Crippen LogP contribution in [0.4, 0.5) is 4.79 Å². The van der Waals surface area contributed by atoms with Crippen molar-refractivity contribution in [1.82, 2.24) is 9.80 Å². The Morgan fingerprint density at radius 3 is 2.06 bits per heavy atom. The number of ether oxygens (including phenoxy) is 1. The molecule has 0 aromatic carbocycles. The molecule has 96 valence electrons. The zero-order valence-electron chi connectivity index (χ0n) is 9.72. The summed E-state index contributed by atoms with van der Waals surface area (Å²) in [6.45, 7) is 1.69. The number of piperazine rings is 1. The molecule has 0 atom stereocenters. The Balaban J connectivity index is 2.33. The van der Waals surface area contributed by atoms with Gasteiger partial charge in [-0.05, 0) is 0 Å². The maximum absolute atomic E-state index is 11.6. The van der Waals surface area contributed by atoms with Gasteiger partial charge in [-0.3, -0.25) is 9.59 Å². The van der Waals surface area contributed by atoms with Gasteiger partial charge in [0.15, 0.2) is 0 Å². The van der Waals surface area contributed by atoms with Crippen LogP contribution in [-0.2, 0) is 14.3 Å². The van der Waals surface area contributed by atoms with E-state index in [4.69, 9.17) is 5.11 Å². The number of carboxylic acids is 1. The molecule has 0 aliphatic carbocycles. The molecule has 1 rings (SSSR count). The minimum Gasteiger partial charge on any atom is -0.481 e. The zero-order chi connectivity index (χ0) is 12.8. The maximum atomic E-state index is 11.6. The molecule has 1 fully saturated rings. The van der Waals surface area contributed by atoms with E-state index in [0.717, 1.165) is 0 Å². The Labute approximate surface area is 98.9 Å². The van der Waals surface area contributed by atoms with Crippen molar-refractivity contribution in [2.24, 2.45) is 0 Å². The molecule has 1 aliphatic rings. The smallest absolute Gasteiger partial charge is 0.409 e. The summed E-state index contributed by atoms with van der Waals surface area (Å²) in [4.78, 5) is 36.2. The monoisotopic (exact) mass is 244 g/mol. The first kappa shape index (κ1) is 13.3. The molecule has 0 radical (unpaired) electrons. The molecule has 0 bridgehead atoms. The fourth-order valence-corrected chi connectivity index (χ4v) is 1.64. The summed E-state index contributed by atoms with van der Waals surface area (Å²) in [7, 11) is 1.31. The number of methoxy groups -OCH3 is 1. The standard InChI is InChI=1S/C10H16N2O5/c1-17-10(16)12-6-4-11(5-7-12)8(13)2-3-9(14)15/h2-7H2,1H3,(H,14,15). The van der Waals surface area contributed by atoms with Crippen molar-refractivity contribution in [2.45, 2.75) is 12.8 Å². The lowest BCUT2D eigenvalue weighted by Crippen LogP contribution is -2.50. The van der Waals surface area contributed by atoms with Gasteiger partial charge >= 0.3 is 12.1 Å². The van der Waals surface area contributed by atoms with E-state index in [-0.39, 0.29) is 18.7 Å². The SMILES string of the molecule is COC(=O)N1CCN(C(=O)CCC(=O)O)CC1. The largest absolute Gasteiger partial charge is 0.481 e. The van der Waals surface area contributed by atoms with E-state index in [2.05, 4.69) is 4.74 Å². The highest BCUT2D eigenvalue weighted by Gasteiger charge is 2.24. The molecule has 17 heavy (non-hydrogen) atoms. The number of amides is 2. The molecule has 7 nitrogen and oxygen atoms in total. The van der Waals surface area contributed by atoms with Gasteiger partial charge in [0, 0.05) is 32.6 Å². The average Bonchev–Trinajstić information content (AvgIpc) is 2.35. The van der Waals surface area contributed by atoms with Gasteiger partial charge in [0.25, 0.3) is 0 Å². The van der Waals surface area contributed by atoms with Gasteiger partial charge in [-0.15, -0.1) is 0 Å². The topological polar surface area (TPSA) is 87.2 Å². The third-order valence-corrected chi connectivity index (χ3v) is 2.62. The summed E-state index contributed by atoms with van der Waals surface area (Å²) >= 11 is 0. The van der Waals surface area contributed by atoms with Gasteiger partial charge in [-0.2, -0.15) is 0 Å². The first-order valence-electron chi connectivity index (χ1n) is 5.37. The van der Waals surface area contributed by atoms with Gasteiger partial charge in [-0.1, -0.05) is 0 Å². The summed E-state index contributed by atoms with van der Waals surface area (Å²) < 4.78 is 4.57. The van der Waals surface area contributed by atoms with Crippen LogP contribution in [0.5, 0.6) is 0 Å². The number of carbonyl (C=O) groups is 3. The van der Waals surface area contributed by atoms with E-state index in [9.17, 15) is 14.4 Å². The highest BCUT2D eigenvalue weighted by Crippen LogP contribution is 2.06. The zero-order valence-corrected chi connectivity index (χ0v) is 9.72. The number of carboxylic acid groups (broad SMARTS) is 1. The Bertz CT molecular complexity index is 310. The fraction of sp³-hybridized carbons (Fsp3) is 0.700. The third kappa shape index (κ3) is 3.93. The molecule has 2 amide bonds. The Morgan fingerprint density at radius 2 is 1.59 bits per heavy atom. The third-order valence-electron chi connectivity index (χ3n) is 2.62. The van der Waals surface area contributed by atoms with Crippen molar-refractivity contribution in [3.63, 3.8) is 0 Å². The molecule has 0 aromatic heterocycles. The minimum atomic E-state index is -0.980. The Kier molecular flexibility index (Phi) is 4.74. The molecule has 0 unspecified atom stereocenters. The first-order valence-corrected chi connectivity index (χ1v) is 5.37. The minimum absolute atomic E-state index is 0.00750. The lowest BCUT2D eigenvalue weighted by atomic mass is 10.2. The number of aliphatic carboxylic acids is 1. The fourth-order valence-electron chi connectivity index (χ4n) is 1.64. The van der Waals surface area contributed by atoms with Crippen LogP contribution < -0.4 is 0 Å². The van der Waals surface area contributed by atoms with Crippen molar-refractivity contribution in [3.8, 4) is 0 Å². The molecule has 1 N–H and O–H groups in total. The Morgan fingerprint density at radius 1 is 1.06 bits per heavy atom. The van der Waals surface area contributed by atoms with E-state index in [0.29, 0.717) is 26.2 Å². The van der Waals surface area contributed by atoms with Crippen molar-refractivity contribution in [2.75, 3.05) is 33.3 Å². The normalized spacial score (nSPS) is 15.6. The molecular formula is C10H16N2O5. The average molecular weight is 244 g/mol. The van der Waals surface area contributed by atoms with Crippen molar-refractivity contribution in [3.05, 3.63) is 0 Å².